The third-order valence-electron chi connectivity index (χ3n) is 3.62. The van der Waals surface area contributed by atoms with Gasteiger partial charge in [0.1, 0.15) is 0 Å². The molecule has 4 nitrogen and oxygen atoms in total. The zero-order chi connectivity index (χ0) is 14.9. The van der Waals surface area contributed by atoms with Gasteiger partial charge < -0.3 is 4.74 Å². The average Bonchev–Trinajstić information content (AvgIpc) is 2.37. The van der Waals surface area contributed by atoms with Gasteiger partial charge in [-0.25, -0.2) is 21.5 Å². The Balaban J connectivity index is 2.15. The fraction of sp³-hybridized carbons (Fsp3) is 0.538. The van der Waals surface area contributed by atoms with E-state index in [0.717, 1.165) is 0 Å². The maximum absolute atomic E-state index is 13.7. The number of nitrogens with zero attached hydrogens (tertiary/aromatic N) is 1. The molecular formula is C13H17F2NO3S. The first-order valence-electron chi connectivity index (χ1n) is 6.31. The minimum atomic E-state index is -3.19. The fourth-order valence-electron chi connectivity index (χ4n) is 2.53. The van der Waals surface area contributed by atoms with E-state index >= 15 is 0 Å². The number of ether oxygens (including phenoxy) is 1. The number of methoxy groups -OCH3 is 1. The Kier molecular flexibility index (Phi) is 4.29. The summed E-state index contributed by atoms with van der Waals surface area (Å²) in [7, 11) is -1.98. The van der Waals surface area contributed by atoms with E-state index < -0.39 is 21.7 Å². The van der Waals surface area contributed by atoms with E-state index in [-0.39, 0.29) is 11.7 Å². The van der Waals surface area contributed by atoms with Crippen molar-refractivity contribution in [2.75, 3.05) is 26.5 Å². The summed E-state index contributed by atoms with van der Waals surface area (Å²) in [6, 6.07) is 2.53. The van der Waals surface area contributed by atoms with Gasteiger partial charge in [0.25, 0.3) is 0 Å². The zero-order valence-electron chi connectivity index (χ0n) is 11.4. The van der Waals surface area contributed by atoms with Crippen molar-refractivity contribution < 1.29 is 21.9 Å². The summed E-state index contributed by atoms with van der Waals surface area (Å²) in [4.78, 5) is 0. The first-order valence-corrected chi connectivity index (χ1v) is 8.16. The molecule has 1 aromatic carbocycles. The molecule has 2 rings (SSSR count). The van der Waals surface area contributed by atoms with Crippen molar-refractivity contribution >= 4 is 10.0 Å². The molecule has 1 heterocycles. The maximum Gasteiger partial charge on any atom is 0.211 e. The van der Waals surface area contributed by atoms with Gasteiger partial charge in [-0.3, -0.25) is 0 Å². The summed E-state index contributed by atoms with van der Waals surface area (Å²) >= 11 is 0. The number of piperidine rings is 1. The van der Waals surface area contributed by atoms with Crippen LogP contribution in [0.4, 0.5) is 8.78 Å². The summed E-state index contributed by atoms with van der Waals surface area (Å²) in [6.07, 6.45) is 2.27. The second kappa shape index (κ2) is 5.65. The Hall–Kier alpha value is -1.21. The molecule has 1 aliphatic rings. The number of sulfonamides is 1. The number of hydrogen-bond donors (Lipinski definition) is 0. The lowest BCUT2D eigenvalue weighted by atomic mass is 9.90. The normalized spacial score (nSPS) is 18.2. The molecule has 0 unspecified atom stereocenters. The third-order valence-corrected chi connectivity index (χ3v) is 4.92. The van der Waals surface area contributed by atoms with Crippen LogP contribution in [-0.2, 0) is 10.0 Å². The lowest BCUT2D eigenvalue weighted by Crippen LogP contribution is -2.37. The van der Waals surface area contributed by atoms with E-state index in [1.807, 2.05) is 0 Å². The minimum Gasteiger partial charge on any atom is -0.491 e. The summed E-state index contributed by atoms with van der Waals surface area (Å²) in [5, 5.41) is 0. The summed E-state index contributed by atoms with van der Waals surface area (Å²) in [5.41, 5.74) is 0.550. The second-order valence-electron chi connectivity index (χ2n) is 4.95. The SMILES string of the molecule is COc1c(F)cc(C2CCN(S(C)(=O)=O)CC2)cc1F. The van der Waals surface area contributed by atoms with Gasteiger partial charge in [-0.05, 0) is 36.5 Å². The molecule has 1 fully saturated rings. The summed E-state index contributed by atoms with van der Waals surface area (Å²) < 4.78 is 56.2. The van der Waals surface area contributed by atoms with Gasteiger partial charge in [-0.1, -0.05) is 0 Å². The highest BCUT2D eigenvalue weighted by Crippen LogP contribution is 2.32. The smallest absolute Gasteiger partial charge is 0.211 e. The van der Waals surface area contributed by atoms with Crippen molar-refractivity contribution in [3.8, 4) is 5.75 Å². The van der Waals surface area contributed by atoms with E-state index in [9.17, 15) is 17.2 Å². The molecule has 0 radical (unpaired) electrons. The van der Waals surface area contributed by atoms with Crippen LogP contribution in [0.2, 0.25) is 0 Å². The van der Waals surface area contributed by atoms with Gasteiger partial charge in [0, 0.05) is 13.1 Å². The molecule has 1 aromatic rings. The topological polar surface area (TPSA) is 46.6 Å². The predicted molar refractivity (Wildman–Crippen MR) is 71.3 cm³/mol. The molecule has 0 bridgehead atoms. The Morgan fingerprint density at radius 1 is 1.20 bits per heavy atom. The Morgan fingerprint density at radius 3 is 2.10 bits per heavy atom. The molecule has 0 amide bonds. The first kappa shape index (κ1) is 15.2. The highest BCUT2D eigenvalue weighted by Gasteiger charge is 2.27. The third kappa shape index (κ3) is 3.09. The largest absolute Gasteiger partial charge is 0.491 e. The number of hydrogen-bond acceptors (Lipinski definition) is 3. The molecule has 1 aliphatic heterocycles. The maximum atomic E-state index is 13.7. The molecule has 0 aliphatic carbocycles. The van der Waals surface area contributed by atoms with Crippen LogP contribution in [0.3, 0.4) is 0 Å². The van der Waals surface area contributed by atoms with Crippen molar-refractivity contribution in [2.45, 2.75) is 18.8 Å². The number of rotatable bonds is 3. The van der Waals surface area contributed by atoms with E-state index in [1.165, 1.54) is 29.8 Å². The summed E-state index contributed by atoms with van der Waals surface area (Å²) in [6.45, 7) is 0.748. The molecule has 112 valence electrons. The number of halogens is 2. The van der Waals surface area contributed by atoms with Crippen molar-refractivity contribution in [2.24, 2.45) is 0 Å². The molecule has 0 aromatic heterocycles. The van der Waals surface area contributed by atoms with Gasteiger partial charge in [-0.15, -0.1) is 0 Å². The van der Waals surface area contributed by atoms with E-state index in [4.69, 9.17) is 0 Å². The lowest BCUT2D eigenvalue weighted by molar-refractivity contribution is 0.318. The Bertz CT molecular complexity index is 573. The molecule has 20 heavy (non-hydrogen) atoms. The zero-order valence-corrected chi connectivity index (χ0v) is 12.2. The fourth-order valence-corrected chi connectivity index (χ4v) is 3.41. The van der Waals surface area contributed by atoms with Crippen LogP contribution < -0.4 is 4.74 Å². The van der Waals surface area contributed by atoms with Crippen LogP contribution in [0.1, 0.15) is 24.3 Å². The van der Waals surface area contributed by atoms with Crippen molar-refractivity contribution in [3.05, 3.63) is 29.3 Å². The number of benzene rings is 1. The van der Waals surface area contributed by atoms with Gasteiger partial charge in [-0.2, -0.15) is 0 Å². The van der Waals surface area contributed by atoms with Gasteiger partial charge >= 0.3 is 0 Å². The van der Waals surface area contributed by atoms with Crippen LogP contribution in [0.25, 0.3) is 0 Å². The first-order chi connectivity index (χ1) is 9.32. The van der Waals surface area contributed by atoms with Crippen LogP contribution >= 0.6 is 0 Å². The summed E-state index contributed by atoms with van der Waals surface area (Å²) in [5.74, 6) is -1.88. The Labute approximate surface area is 117 Å². The van der Waals surface area contributed by atoms with E-state index in [2.05, 4.69) is 4.74 Å². The van der Waals surface area contributed by atoms with E-state index in [1.54, 1.807) is 0 Å². The molecule has 0 saturated carbocycles. The predicted octanol–water partition coefficient (Wildman–Crippen LogP) is 2.11. The van der Waals surface area contributed by atoms with Gasteiger partial charge in [0.2, 0.25) is 10.0 Å². The highest BCUT2D eigenvalue weighted by atomic mass is 32.2. The van der Waals surface area contributed by atoms with Crippen LogP contribution in [0.5, 0.6) is 5.75 Å². The lowest BCUT2D eigenvalue weighted by Gasteiger charge is -2.30. The molecule has 0 spiro atoms. The molecule has 7 heteroatoms. The monoisotopic (exact) mass is 305 g/mol. The quantitative estimate of drug-likeness (QED) is 0.859. The van der Waals surface area contributed by atoms with Crippen molar-refractivity contribution in [3.63, 3.8) is 0 Å². The second-order valence-corrected chi connectivity index (χ2v) is 6.94. The van der Waals surface area contributed by atoms with Crippen molar-refractivity contribution in [1.29, 1.82) is 0 Å². The van der Waals surface area contributed by atoms with Crippen molar-refractivity contribution in [1.82, 2.24) is 4.31 Å². The van der Waals surface area contributed by atoms with E-state index in [0.29, 0.717) is 31.5 Å². The average molecular weight is 305 g/mol. The molecule has 0 N–H and O–H groups in total. The van der Waals surface area contributed by atoms with Gasteiger partial charge in [0.05, 0.1) is 13.4 Å². The minimum absolute atomic E-state index is 0.0390. The van der Waals surface area contributed by atoms with Gasteiger partial charge in [0.15, 0.2) is 17.4 Å². The van der Waals surface area contributed by atoms with Crippen LogP contribution in [-0.4, -0.2) is 39.2 Å². The standard InChI is InChI=1S/C13H17F2NO3S/c1-19-13-11(14)7-10(8-12(13)15)9-3-5-16(6-4-9)20(2,17)18/h7-9H,3-6H2,1-2H3. The molecule has 0 atom stereocenters. The highest BCUT2D eigenvalue weighted by molar-refractivity contribution is 7.88. The van der Waals surface area contributed by atoms with Crippen LogP contribution in [0, 0.1) is 11.6 Å². The molecular weight excluding hydrogens is 288 g/mol. The Morgan fingerprint density at radius 2 is 1.70 bits per heavy atom. The van der Waals surface area contributed by atoms with Crippen LogP contribution in [0.15, 0.2) is 12.1 Å². The molecule has 1 saturated heterocycles.